The van der Waals surface area contributed by atoms with Crippen LogP contribution in [0.4, 0.5) is 10.5 Å². The van der Waals surface area contributed by atoms with Crippen molar-refractivity contribution in [3.05, 3.63) is 76.6 Å². The maximum atomic E-state index is 12.1. The molecule has 0 spiro atoms. The largest absolute Gasteiger partial charge is 0.548 e. The minimum Gasteiger partial charge on any atom is -0.548 e. The third-order valence-electron chi connectivity index (χ3n) is 3.75. The average Bonchev–Trinajstić information content (AvgIpc) is 2.62. The van der Waals surface area contributed by atoms with Crippen LogP contribution in [0.1, 0.15) is 5.56 Å². The lowest BCUT2D eigenvalue weighted by Gasteiger charge is -2.20. The second-order valence-corrected chi connectivity index (χ2v) is 5.67. The number of amides is 2. The molecule has 0 saturated heterocycles. The average molecular weight is 351 g/mol. The topological polar surface area (TPSA) is 111 Å². The first-order valence-corrected chi connectivity index (χ1v) is 7.87. The van der Waals surface area contributed by atoms with Crippen molar-refractivity contribution in [2.75, 3.05) is 5.32 Å². The van der Waals surface area contributed by atoms with Crippen LogP contribution in [0.5, 0.6) is 0 Å². The number of fused-ring (bicyclic) bond motifs is 1. The molecule has 1 heterocycles. The Morgan fingerprint density at radius 1 is 1.04 bits per heavy atom. The first-order valence-electron chi connectivity index (χ1n) is 7.87. The lowest BCUT2D eigenvalue weighted by atomic mass is 10.1. The molecule has 0 saturated carbocycles. The third-order valence-corrected chi connectivity index (χ3v) is 3.75. The number of anilines is 1. The Kier molecular flexibility index (Phi) is 4.98. The summed E-state index contributed by atoms with van der Waals surface area (Å²) in [6, 6.07) is 14.7. The van der Waals surface area contributed by atoms with Crippen molar-refractivity contribution < 1.29 is 19.1 Å². The number of nitrogens with one attached hydrogen (secondary N) is 2. The summed E-state index contributed by atoms with van der Waals surface area (Å²) in [5.41, 5.74) is 1.12. The monoisotopic (exact) mass is 351 g/mol. The third kappa shape index (κ3) is 4.27. The Morgan fingerprint density at radius 3 is 2.54 bits per heavy atom. The van der Waals surface area contributed by atoms with Crippen LogP contribution in [0.15, 0.2) is 69.9 Å². The van der Waals surface area contributed by atoms with E-state index in [1.165, 1.54) is 6.07 Å². The smallest absolute Gasteiger partial charge is 0.336 e. The molecule has 0 unspecified atom stereocenters. The first kappa shape index (κ1) is 17.2. The fourth-order valence-electron chi connectivity index (χ4n) is 2.52. The molecular formula is C19H15N2O5-. The van der Waals surface area contributed by atoms with Gasteiger partial charge in [-0.2, -0.15) is 0 Å². The van der Waals surface area contributed by atoms with Gasteiger partial charge in [-0.05, 0) is 36.2 Å². The molecule has 7 nitrogen and oxygen atoms in total. The van der Waals surface area contributed by atoms with E-state index >= 15 is 0 Å². The zero-order valence-corrected chi connectivity index (χ0v) is 13.6. The fraction of sp³-hybridized carbons (Fsp3) is 0.105. The molecule has 7 heteroatoms. The summed E-state index contributed by atoms with van der Waals surface area (Å²) in [7, 11) is 0. The fourth-order valence-corrected chi connectivity index (χ4v) is 2.52. The molecule has 1 atom stereocenters. The van der Waals surface area contributed by atoms with Crippen LogP contribution in [-0.2, 0) is 11.2 Å². The van der Waals surface area contributed by atoms with Crippen molar-refractivity contribution >= 4 is 28.7 Å². The minimum atomic E-state index is -1.37. The van der Waals surface area contributed by atoms with Gasteiger partial charge in [0.2, 0.25) is 0 Å². The maximum Gasteiger partial charge on any atom is 0.336 e. The predicted molar refractivity (Wildman–Crippen MR) is 93.6 cm³/mol. The van der Waals surface area contributed by atoms with E-state index in [4.69, 9.17) is 4.42 Å². The molecule has 132 valence electrons. The van der Waals surface area contributed by atoms with Gasteiger partial charge in [-0.3, -0.25) is 0 Å². The normalized spacial score (nSPS) is 11.7. The van der Waals surface area contributed by atoms with Gasteiger partial charge in [0.05, 0.1) is 12.0 Å². The molecule has 3 aromatic rings. The number of hydrogen-bond acceptors (Lipinski definition) is 5. The number of rotatable bonds is 5. The molecule has 0 aliphatic carbocycles. The van der Waals surface area contributed by atoms with Crippen LogP contribution >= 0.6 is 0 Å². The molecule has 2 amide bonds. The van der Waals surface area contributed by atoms with Crippen molar-refractivity contribution in [3.8, 4) is 0 Å². The molecule has 0 aliphatic rings. The van der Waals surface area contributed by atoms with Gasteiger partial charge in [-0.15, -0.1) is 0 Å². The molecule has 0 fully saturated rings. The number of carboxylic acids is 1. The second kappa shape index (κ2) is 7.52. The predicted octanol–water partition coefficient (Wildman–Crippen LogP) is 1.28. The van der Waals surface area contributed by atoms with Crippen molar-refractivity contribution in [2.24, 2.45) is 0 Å². The number of carboxylic acid groups (broad SMARTS) is 1. The van der Waals surface area contributed by atoms with E-state index in [9.17, 15) is 19.5 Å². The van der Waals surface area contributed by atoms with Gasteiger partial charge in [-0.25, -0.2) is 9.59 Å². The summed E-state index contributed by atoms with van der Waals surface area (Å²) in [5, 5.41) is 16.9. The summed E-state index contributed by atoms with van der Waals surface area (Å²) in [6.07, 6.45) is 0.111. The maximum absolute atomic E-state index is 12.1. The Bertz CT molecular complexity index is 997. The second-order valence-electron chi connectivity index (χ2n) is 5.67. The highest BCUT2D eigenvalue weighted by molar-refractivity contribution is 5.94. The van der Waals surface area contributed by atoms with Gasteiger partial charge in [0.25, 0.3) is 0 Å². The Labute approximate surface area is 148 Å². The molecule has 2 N–H and O–H groups in total. The summed E-state index contributed by atoms with van der Waals surface area (Å²) in [5.74, 6) is -1.37. The van der Waals surface area contributed by atoms with Crippen LogP contribution in [-0.4, -0.2) is 18.0 Å². The van der Waals surface area contributed by atoms with E-state index in [1.807, 2.05) is 6.07 Å². The summed E-state index contributed by atoms with van der Waals surface area (Å²) < 4.78 is 5.01. The zero-order valence-electron chi connectivity index (χ0n) is 13.6. The zero-order chi connectivity index (χ0) is 18.5. The summed E-state index contributed by atoms with van der Waals surface area (Å²) in [6.45, 7) is 0. The number of aliphatic carboxylic acids is 1. The highest BCUT2D eigenvalue weighted by Crippen LogP contribution is 2.17. The van der Waals surface area contributed by atoms with E-state index in [1.54, 1.807) is 48.5 Å². The first-order chi connectivity index (χ1) is 12.5. The van der Waals surface area contributed by atoms with E-state index in [-0.39, 0.29) is 6.42 Å². The molecule has 0 aliphatic heterocycles. The Morgan fingerprint density at radius 2 is 1.81 bits per heavy atom. The molecule has 3 rings (SSSR count). The van der Waals surface area contributed by atoms with E-state index < -0.39 is 23.7 Å². The van der Waals surface area contributed by atoms with E-state index in [0.717, 1.165) is 5.56 Å². The standard InChI is InChI=1S/C19H16N2O5/c22-17-9-6-13-11-14(7-8-16(13)26-17)20-19(25)21-15(18(23)24)10-12-4-2-1-3-5-12/h1-9,11,15H,10H2,(H,23,24)(H2,20,21,25)/p-1/t15-/m0/s1. The van der Waals surface area contributed by atoms with Crippen LogP contribution < -0.4 is 21.4 Å². The molecule has 26 heavy (non-hydrogen) atoms. The summed E-state index contributed by atoms with van der Waals surface area (Å²) in [4.78, 5) is 34.6. The van der Waals surface area contributed by atoms with Crippen LogP contribution in [0, 0.1) is 0 Å². The van der Waals surface area contributed by atoms with Gasteiger partial charge < -0.3 is 25.0 Å². The van der Waals surface area contributed by atoms with Gasteiger partial charge in [0.15, 0.2) is 0 Å². The number of benzene rings is 2. The molecule has 0 radical (unpaired) electrons. The number of hydrogen-bond donors (Lipinski definition) is 2. The molecule has 1 aromatic heterocycles. The van der Waals surface area contributed by atoms with E-state index in [2.05, 4.69) is 10.6 Å². The van der Waals surface area contributed by atoms with Crippen molar-refractivity contribution in [2.45, 2.75) is 12.5 Å². The lowest BCUT2D eigenvalue weighted by molar-refractivity contribution is -0.308. The van der Waals surface area contributed by atoms with Crippen molar-refractivity contribution in [1.29, 1.82) is 0 Å². The quantitative estimate of drug-likeness (QED) is 0.673. The SMILES string of the molecule is O=C(Nc1ccc2oc(=O)ccc2c1)N[C@@H](Cc1ccccc1)C(=O)[O-]. The number of carbonyl (C=O) groups excluding carboxylic acids is 2. The minimum absolute atomic E-state index is 0.111. The van der Waals surface area contributed by atoms with Gasteiger partial charge in [-0.1, -0.05) is 30.3 Å². The van der Waals surface area contributed by atoms with Crippen molar-refractivity contribution in [3.63, 3.8) is 0 Å². The van der Waals surface area contributed by atoms with Crippen LogP contribution in [0.2, 0.25) is 0 Å². The summed E-state index contributed by atoms with van der Waals surface area (Å²) >= 11 is 0. The number of carbonyl (C=O) groups is 2. The highest BCUT2D eigenvalue weighted by atomic mass is 16.4. The number of urea groups is 1. The molecule has 0 bridgehead atoms. The van der Waals surface area contributed by atoms with Crippen molar-refractivity contribution in [1.82, 2.24) is 5.32 Å². The molecular weight excluding hydrogens is 336 g/mol. The Hall–Kier alpha value is -3.61. The van der Waals surface area contributed by atoms with E-state index in [0.29, 0.717) is 16.7 Å². The van der Waals surface area contributed by atoms with Crippen LogP contribution in [0.25, 0.3) is 11.0 Å². The van der Waals surface area contributed by atoms with Crippen LogP contribution in [0.3, 0.4) is 0 Å². The van der Waals surface area contributed by atoms with Gasteiger partial charge in [0.1, 0.15) is 5.58 Å². The highest BCUT2D eigenvalue weighted by Gasteiger charge is 2.14. The van der Waals surface area contributed by atoms with Gasteiger partial charge >= 0.3 is 11.7 Å². The molecule has 2 aromatic carbocycles. The lowest BCUT2D eigenvalue weighted by Crippen LogP contribution is -2.50. The van der Waals surface area contributed by atoms with Gasteiger partial charge in [0, 0.05) is 17.1 Å². The Balaban J connectivity index is 1.69.